The molecule has 2 nitrogen and oxygen atoms in total. The van der Waals surface area contributed by atoms with Crippen molar-refractivity contribution in [3.63, 3.8) is 0 Å². The highest BCUT2D eigenvalue weighted by molar-refractivity contribution is 9.10. The van der Waals surface area contributed by atoms with Crippen LogP contribution in [-0.4, -0.2) is 11.1 Å². The van der Waals surface area contributed by atoms with Crippen LogP contribution in [0.2, 0.25) is 0 Å². The average Bonchev–Trinajstić information content (AvgIpc) is 2.36. The first-order valence-electron chi connectivity index (χ1n) is 6.84. The van der Waals surface area contributed by atoms with Gasteiger partial charge in [-0.3, -0.25) is 0 Å². The van der Waals surface area contributed by atoms with E-state index < -0.39 is 0 Å². The Hall–Kier alpha value is -0.540. The maximum atomic E-state index is 9.42. The molecule has 0 amide bonds. The Labute approximate surface area is 119 Å². The van der Waals surface area contributed by atoms with Crippen molar-refractivity contribution in [3.05, 3.63) is 28.2 Å². The minimum atomic E-state index is 0.298. The van der Waals surface area contributed by atoms with Gasteiger partial charge < -0.3 is 10.4 Å². The van der Waals surface area contributed by atoms with Crippen molar-refractivity contribution in [2.45, 2.75) is 58.5 Å². The second-order valence-electron chi connectivity index (χ2n) is 4.92. The molecule has 0 aliphatic carbocycles. The summed E-state index contributed by atoms with van der Waals surface area (Å²) in [7, 11) is 0. The fourth-order valence-corrected chi connectivity index (χ4v) is 2.36. The molecule has 0 fully saturated rings. The van der Waals surface area contributed by atoms with Gasteiger partial charge in [-0.2, -0.15) is 0 Å². The number of nitrogens with one attached hydrogen (secondary N) is 1. The van der Waals surface area contributed by atoms with Crippen LogP contribution in [0.3, 0.4) is 0 Å². The number of unbranched alkanes of at least 4 members (excludes halogenated alkanes) is 3. The van der Waals surface area contributed by atoms with Crippen molar-refractivity contribution < 1.29 is 5.11 Å². The van der Waals surface area contributed by atoms with E-state index in [0.29, 0.717) is 11.8 Å². The summed E-state index contributed by atoms with van der Waals surface area (Å²) in [6.45, 7) is 5.33. The SMILES string of the molecule is CCCCCCC(C)NCc1ccc(O)c(Br)c1. The van der Waals surface area contributed by atoms with Gasteiger partial charge in [-0.1, -0.05) is 38.7 Å². The highest BCUT2D eigenvalue weighted by atomic mass is 79.9. The van der Waals surface area contributed by atoms with Gasteiger partial charge in [0.1, 0.15) is 5.75 Å². The minimum Gasteiger partial charge on any atom is -0.507 e. The first-order chi connectivity index (χ1) is 8.63. The highest BCUT2D eigenvalue weighted by Crippen LogP contribution is 2.24. The van der Waals surface area contributed by atoms with Crippen LogP contribution in [0.15, 0.2) is 22.7 Å². The average molecular weight is 314 g/mol. The molecule has 0 radical (unpaired) electrons. The van der Waals surface area contributed by atoms with Crippen LogP contribution in [0.5, 0.6) is 5.75 Å². The summed E-state index contributed by atoms with van der Waals surface area (Å²) in [5.41, 5.74) is 1.19. The zero-order chi connectivity index (χ0) is 13.4. The van der Waals surface area contributed by atoms with E-state index in [1.807, 2.05) is 12.1 Å². The molecule has 0 spiro atoms. The van der Waals surface area contributed by atoms with Crippen molar-refractivity contribution in [1.82, 2.24) is 5.32 Å². The fourth-order valence-electron chi connectivity index (χ4n) is 1.93. The minimum absolute atomic E-state index is 0.298. The third-order valence-electron chi connectivity index (χ3n) is 3.16. The summed E-state index contributed by atoms with van der Waals surface area (Å²) < 4.78 is 0.761. The summed E-state index contributed by atoms with van der Waals surface area (Å²) in [6, 6.07) is 6.20. The number of phenolic OH excluding ortho intramolecular Hbond substituents is 1. The van der Waals surface area contributed by atoms with Crippen molar-refractivity contribution in [3.8, 4) is 5.75 Å². The summed E-state index contributed by atoms with van der Waals surface area (Å²) in [5, 5.41) is 12.9. The van der Waals surface area contributed by atoms with Crippen LogP contribution in [-0.2, 0) is 6.54 Å². The fraction of sp³-hybridized carbons (Fsp3) is 0.600. The van der Waals surface area contributed by atoms with Gasteiger partial charge in [-0.25, -0.2) is 0 Å². The Morgan fingerprint density at radius 3 is 2.72 bits per heavy atom. The lowest BCUT2D eigenvalue weighted by atomic mass is 10.1. The van der Waals surface area contributed by atoms with Crippen molar-refractivity contribution in [2.75, 3.05) is 0 Å². The molecular weight excluding hydrogens is 290 g/mol. The predicted octanol–water partition coefficient (Wildman–Crippen LogP) is 4.60. The molecule has 0 aliphatic rings. The molecule has 1 atom stereocenters. The molecule has 1 unspecified atom stereocenters. The summed E-state index contributed by atoms with van der Waals surface area (Å²) in [5.74, 6) is 0.298. The molecule has 0 aromatic heterocycles. The van der Waals surface area contributed by atoms with Gasteiger partial charge in [-0.05, 0) is 47.0 Å². The molecule has 1 aromatic rings. The first-order valence-corrected chi connectivity index (χ1v) is 7.63. The first kappa shape index (κ1) is 15.5. The van der Waals surface area contributed by atoms with Gasteiger partial charge >= 0.3 is 0 Å². The van der Waals surface area contributed by atoms with Gasteiger partial charge in [0.2, 0.25) is 0 Å². The summed E-state index contributed by atoms with van der Waals surface area (Å²) in [6.07, 6.45) is 6.52. The van der Waals surface area contributed by atoms with E-state index in [1.54, 1.807) is 6.07 Å². The maximum Gasteiger partial charge on any atom is 0.129 e. The number of benzene rings is 1. The maximum absolute atomic E-state index is 9.42. The van der Waals surface area contributed by atoms with Gasteiger partial charge in [0.05, 0.1) is 4.47 Å². The highest BCUT2D eigenvalue weighted by Gasteiger charge is 2.03. The largest absolute Gasteiger partial charge is 0.507 e. The Morgan fingerprint density at radius 2 is 2.06 bits per heavy atom. The van der Waals surface area contributed by atoms with Crippen molar-refractivity contribution >= 4 is 15.9 Å². The molecule has 3 heteroatoms. The Morgan fingerprint density at radius 1 is 1.28 bits per heavy atom. The Kier molecular flexibility index (Phi) is 7.36. The smallest absolute Gasteiger partial charge is 0.129 e. The van der Waals surface area contributed by atoms with E-state index in [9.17, 15) is 5.11 Å². The number of rotatable bonds is 8. The second kappa shape index (κ2) is 8.54. The third kappa shape index (κ3) is 5.87. The summed E-state index contributed by atoms with van der Waals surface area (Å²) >= 11 is 3.33. The van der Waals surface area contributed by atoms with Gasteiger partial charge in [0.25, 0.3) is 0 Å². The monoisotopic (exact) mass is 313 g/mol. The lowest BCUT2D eigenvalue weighted by molar-refractivity contribution is 0.469. The molecule has 0 aliphatic heterocycles. The van der Waals surface area contributed by atoms with E-state index >= 15 is 0 Å². The number of phenols is 1. The topological polar surface area (TPSA) is 32.3 Å². The molecule has 102 valence electrons. The third-order valence-corrected chi connectivity index (χ3v) is 3.79. The molecule has 0 saturated heterocycles. The van der Waals surface area contributed by atoms with E-state index in [2.05, 4.69) is 35.1 Å². The van der Waals surface area contributed by atoms with E-state index in [4.69, 9.17) is 0 Å². The molecule has 18 heavy (non-hydrogen) atoms. The van der Waals surface area contributed by atoms with Crippen LogP contribution >= 0.6 is 15.9 Å². The van der Waals surface area contributed by atoms with Gasteiger partial charge in [0, 0.05) is 12.6 Å². The molecule has 0 saturated carbocycles. The van der Waals surface area contributed by atoms with Crippen molar-refractivity contribution in [1.29, 1.82) is 0 Å². The van der Waals surface area contributed by atoms with E-state index in [1.165, 1.54) is 37.7 Å². The van der Waals surface area contributed by atoms with Crippen LogP contribution in [0, 0.1) is 0 Å². The lowest BCUT2D eigenvalue weighted by Crippen LogP contribution is -2.25. The van der Waals surface area contributed by atoms with Crippen LogP contribution in [0.25, 0.3) is 0 Å². The predicted molar refractivity (Wildman–Crippen MR) is 80.9 cm³/mol. The van der Waals surface area contributed by atoms with E-state index in [-0.39, 0.29) is 0 Å². The number of hydrogen-bond acceptors (Lipinski definition) is 2. The zero-order valence-electron chi connectivity index (χ0n) is 11.4. The lowest BCUT2D eigenvalue weighted by Gasteiger charge is -2.14. The van der Waals surface area contributed by atoms with E-state index in [0.717, 1.165) is 11.0 Å². The molecule has 1 rings (SSSR count). The second-order valence-corrected chi connectivity index (χ2v) is 5.77. The van der Waals surface area contributed by atoms with Crippen LogP contribution in [0.4, 0.5) is 0 Å². The number of aromatic hydroxyl groups is 1. The molecule has 2 N–H and O–H groups in total. The Bertz CT molecular complexity index is 354. The quantitative estimate of drug-likeness (QED) is 0.687. The molecule has 0 heterocycles. The standard InChI is InChI=1S/C15H24BrNO/c1-3-4-5-6-7-12(2)17-11-13-8-9-15(18)14(16)10-13/h8-10,12,17-18H,3-7,11H2,1-2H3. The molecule has 1 aromatic carbocycles. The van der Waals surface area contributed by atoms with Gasteiger partial charge in [-0.15, -0.1) is 0 Å². The molecule has 0 bridgehead atoms. The van der Waals surface area contributed by atoms with Crippen LogP contribution < -0.4 is 5.32 Å². The molecular formula is C15H24BrNO. The Balaban J connectivity index is 2.24. The number of halogens is 1. The summed E-state index contributed by atoms with van der Waals surface area (Å²) in [4.78, 5) is 0. The van der Waals surface area contributed by atoms with Crippen molar-refractivity contribution in [2.24, 2.45) is 0 Å². The van der Waals surface area contributed by atoms with Gasteiger partial charge in [0.15, 0.2) is 0 Å². The number of hydrogen-bond donors (Lipinski definition) is 2. The van der Waals surface area contributed by atoms with Crippen LogP contribution in [0.1, 0.15) is 51.5 Å². The normalized spacial score (nSPS) is 12.6. The zero-order valence-corrected chi connectivity index (χ0v) is 13.0.